The highest BCUT2D eigenvalue weighted by molar-refractivity contribution is 7.16. The van der Waals surface area contributed by atoms with Crippen LogP contribution in [0.25, 0.3) is 0 Å². The van der Waals surface area contributed by atoms with Crippen molar-refractivity contribution in [3.8, 4) is 17.6 Å². The fraction of sp³-hybridized carbons (Fsp3) is 0.294. The summed E-state index contributed by atoms with van der Waals surface area (Å²) in [5.74, 6) is 0.532. The molecule has 6 heteroatoms. The minimum absolute atomic E-state index is 0.329. The Morgan fingerprint density at radius 3 is 2.57 bits per heavy atom. The average Bonchev–Trinajstić information content (AvgIpc) is 3.14. The molecule has 1 aliphatic rings. The van der Waals surface area contributed by atoms with Gasteiger partial charge in [0.2, 0.25) is 0 Å². The number of ether oxygens (including phenoxy) is 2. The van der Waals surface area contributed by atoms with E-state index in [0.29, 0.717) is 27.6 Å². The van der Waals surface area contributed by atoms with Crippen molar-refractivity contribution in [2.24, 2.45) is 0 Å². The first kappa shape index (κ1) is 15.4. The Balaban J connectivity index is 1.96. The van der Waals surface area contributed by atoms with E-state index < -0.39 is 0 Å². The molecule has 0 saturated carbocycles. The van der Waals surface area contributed by atoms with Crippen molar-refractivity contribution in [2.75, 3.05) is 19.5 Å². The second-order valence-corrected chi connectivity index (χ2v) is 6.27. The number of fused-ring (bicyclic) bond motifs is 1. The van der Waals surface area contributed by atoms with Gasteiger partial charge in [-0.05, 0) is 37.0 Å². The van der Waals surface area contributed by atoms with E-state index in [9.17, 15) is 10.1 Å². The molecule has 0 atom stereocenters. The summed E-state index contributed by atoms with van der Waals surface area (Å²) in [6, 6.07) is 7.39. The molecule has 118 valence electrons. The molecule has 0 radical (unpaired) electrons. The van der Waals surface area contributed by atoms with Crippen LogP contribution >= 0.6 is 11.3 Å². The van der Waals surface area contributed by atoms with Gasteiger partial charge in [0.25, 0.3) is 5.91 Å². The first-order valence-electron chi connectivity index (χ1n) is 7.26. The highest BCUT2D eigenvalue weighted by atomic mass is 32.1. The topological polar surface area (TPSA) is 71.3 Å². The molecular weight excluding hydrogens is 312 g/mol. The molecule has 1 aromatic carbocycles. The molecule has 3 rings (SSSR count). The smallest absolute Gasteiger partial charge is 0.263 e. The maximum Gasteiger partial charge on any atom is 0.263 e. The predicted molar refractivity (Wildman–Crippen MR) is 88.6 cm³/mol. The predicted octanol–water partition coefficient (Wildman–Crippen LogP) is 3.38. The van der Waals surface area contributed by atoms with Crippen LogP contribution < -0.4 is 14.8 Å². The Bertz CT molecular complexity index is 783. The number of nitrogens with zero attached hydrogens (tertiary/aromatic N) is 1. The zero-order valence-electron chi connectivity index (χ0n) is 12.9. The van der Waals surface area contributed by atoms with Gasteiger partial charge in [-0.1, -0.05) is 6.07 Å². The van der Waals surface area contributed by atoms with Gasteiger partial charge >= 0.3 is 0 Å². The number of carbonyl (C=O) groups is 1. The highest BCUT2D eigenvalue weighted by Crippen LogP contribution is 2.39. The lowest BCUT2D eigenvalue weighted by Crippen LogP contribution is -2.14. The van der Waals surface area contributed by atoms with E-state index in [1.807, 2.05) is 0 Å². The number of hydrogen-bond donors (Lipinski definition) is 1. The SMILES string of the molecule is COc1cccc(OC)c1C(=O)Nc1sc2c(c1C#N)CCC2. The molecule has 1 amide bonds. The second kappa shape index (κ2) is 6.31. The number of carbonyl (C=O) groups excluding carboxylic acids is 1. The summed E-state index contributed by atoms with van der Waals surface area (Å²) in [5, 5.41) is 12.9. The molecule has 1 N–H and O–H groups in total. The summed E-state index contributed by atoms with van der Waals surface area (Å²) in [6.45, 7) is 0. The van der Waals surface area contributed by atoms with Crippen molar-refractivity contribution in [1.82, 2.24) is 0 Å². The summed E-state index contributed by atoms with van der Waals surface area (Å²) in [6.07, 6.45) is 2.95. The molecular formula is C17H16N2O3S. The maximum atomic E-state index is 12.7. The third kappa shape index (κ3) is 2.64. The summed E-state index contributed by atoms with van der Waals surface area (Å²) in [4.78, 5) is 13.9. The number of anilines is 1. The van der Waals surface area contributed by atoms with E-state index in [4.69, 9.17) is 9.47 Å². The molecule has 0 aliphatic heterocycles. The van der Waals surface area contributed by atoms with Gasteiger partial charge in [0.1, 0.15) is 28.1 Å². The first-order valence-corrected chi connectivity index (χ1v) is 8.08. The fourth-order valence-electron chi connectivity index (χ4n) is 2.85. The van der Waals surface area contributed by atoms with Gasteiger partial charge in [0.15, 0.2) is 0 Å². The number of aryl methyl sites for hydroxylation is 1. The molecule has 0 spiro atoms. The van der Waals surface area contributed by atoms with Crippen molar-refractivity contribution in [1.29, 1.82) is 5.26 Å². The van der Waals surface area contributed by atoms with E-state index in [1.165, 1.54) is 30.4 Å². The van der Waals surface area contributed by atoms with E-state index in [2.05, 4.69) is 11.4 Å². The standard InChI is InChI=1S/C17H16N2O3S/c1-21-12-6-4-7-13(22-2)15(12)16(20)19-17-11(9-18)10-5-3-8-14(10)23-17/h4,6-7H,3,5,8H2,1-2H3,(H,19,20). The van der Waals surface area contributed by atoms with E-state index in [1.54, 1.807) is 18.2 Å². The van der Waals surface area contributed by atoms with Gasteiger partial charge in [-0.25, -0.2) is 0 Å². The van der Waals surface area contributed by atoms with Crippen LogP contribution in [-0.4, -0.2) is 20.1 Å². The van der Waals surface area contributed by atoms with Gasteiger partial charge in [0.05, 0.1) is 19.8 Å². The summed E-state index contributed by atoms with van der Waals surface area (Å²) < 4.78 is 10.5. The molecule has 0 bridgehead atoms. The van der Waals surface area contributed by atoms with E-state index in [0.717, 1.165) is 24.8 Å². The molecule has 23 heavy (non-hydrogen) atoms. The molecule has 0 saturated heterocycles. The lowest BCUT2D eigenvalue weighted by Gasteiger charge is -2.12. The Labute approximate surface area is 138 Å². The average molecular weight is 328 g/mol. The third-order valence-corrected chi connectivity index (χ3v) is 5.12. The van der Waals surface area contributed by atoms with Gasteiger partial charge in [-0.15, -0.1) is 11.3 Å². The zero-order chi connectivity index (χ0) is 16.4. The van der Waals surface area contributed by atoms with Crippen LogP contribution in [0.5, 0.6) is 11.5 Å². The normalized spacial score (nSPS) is 12.4. The summed E-state index contributed by atoms with van der Waals surface area (Å²) in [7, 11) is 3.01. The molecule has 5 nitrogen and oxygen atoms in total. The number of hydrogen-bond acceptors (Lipinski definition) is 5. The van der Waals surface area contributed by atoms with Crippen molar-refractivity contribution in [3.05, 3.63) is 39.8 Å². The van der Waals surface area contributed by atoms with Gasteiger partial charge in [-0.3, -0.25) is 4.79 Å². The molecule has 2 aromatic rings. The van der Waals surface area contributed by atoms with Crippen LogP contribution in [0.15, 0.2) is 18.2 Å². The quantitative estimate of drug-likeness (QED) is 0.934. The Morgan fingerprint density at radius 1 is 1.26 bits per heavy atom. The maximum absolute atomic E-state index is 12.7. The number of rotatable bonds is 4. The number of thiophene rings is 1. The van der Waals surface area contributed by atoms with Crippen molar-refractivity contribution in [3.63, 3.8) is 0 Å². The fourth-order valence-corrected chi connectivity index (χ4v) is 4.09. The third-order valence-electron chi connectivity index (χ3n) is 3.92. The minimum Gasteiger partial charge on any atom is -0.496 e. The van der Waals surface area contributed by atoms with Crippen LogP contribution in [-0.2, 0) is 12.8 Å². The highest BCUT2D eigenvalue weighted by Gasteiger charge is 2.25. The number of amides is 1. The lowest BCUT2D eigenvalue weighted by molar-refractivity contribution is 0.102. The molecule has 0 fully saturated rings. The van der Waals surface area contributed by atoms with Crippen LogP contribution in [0.1, 0.15) is 32.8 Å². The summed E-state index contributed by atoms with van der Waals surface area (Å²) >= 11 is 1.49. The van der Waals surface area contributed by atoms with E-state index >= 15 is 0 Å². The van der Waals surface area contributed by atoms with Crippen molar-refractivity contribution >= 4 is 22.2 Å². The largest absolute Gasteiger partial charge is 0.496 e. The van der Waals surface area contributed by atoms with Crippen LogP contribution in [0, 0.1) is 11.3 Å². The molecule has 1 aromatic heterocycles. The second-order valence-electron chi connectivity index (χ2n) is 5.16. The Morgan fingerprint density at radius 2 is 1.96 bits per heavy atom. The van der Waals surface area contributed by atoms with Crippen molar-refractivity contribution < 1.29 is 14.3 Å². The monoisotopic (exact) mass is 328 g/mol. The molecule has 1 heterocycles. The van der Waals surface area contributed by atoms with Crippen LogP contribution in [0.4, 0.5) is 5.00 Å². The molecule has 1 aliphatic carbocycles. The zero-order valence-corrected chi connectivity index (χ0v) is 13.8. The Kier molecular flexibility index (Phi) is 4.22. The number of benzene rings is 1. The van der Waals surface area contributed by atoms with Crippen LogP contribution in [0.3, 0.4) is 0 Å². The van der Waals surface area contributed by atoms with E-state index in [-0.39, 0.29) is 5.91 Å². The number of nitrogens with one attached hydrogen (secondary N) is 1. The first-order chi connectivity index (χ1) is 11.2. The molecule has 0 unspecified atom stereocenters. The van der Waals surface area contributed by atoms with Gasteiger partial charge < -0.3 is 14.8 Å². The van der Waals surface area contributed by atoms with Gasteiger partial charge in [-0.2, -0.15) is 5.26 Å². The van der Waals surface area contributed by atoms with Crippen LogP contribution in [0.2, 0.25) is 0 Å². The minimum atomic E-state index is -0.337. The van der Waals surface area contributed by atoms with Gasteiger partial charge in [0, 0.05) is 4.88 Å². The lowest BCUT2D eigenvalue weighted by atomic mass is 10.1. The summed E-state index contributed by atoms with van der Waals surface area (Å²) in [5.41, 5.74) is 2.00. The number of nitriles is 1. The number of methoxy groups -OCH3 is 2. The Hall–Kier alpha value is -2.52. The van der Waals surface area contributed by atoms with Crippen molar-refractivity contribution in [2.45, 2.75) is 19.3 Å².